The van der Waals surface area contributed by atoms with Crippen LogP contribution in [-0.2, 0) is 6.18 Å². The van der Waals surface area contributed by atoms with Crippen LogP contribution in [-0.4, -0.2) is 35.0 Å². The van der Waals surface area contributed by atoms with Gasteiger partial charge in [0.15, 0.2) is 11.5 Å². The highest BCUT2D eigenvalue weighted by Crippen LogP contribution is 2.28. The third-order valence-corrected chi connectivity index (χ3v) is 2.58. The lowest BCUT2D eigenvalue weighted by molar-refractivity contribution is -0.141. The van der Waals surface area contributed by atoms with Crippen LogP contribution >= 0.6 is 0 Å². The number of aromatic amines is 1. The van der Waals surface area contributed by atoms with Gasteiger partial charge in [0.2, 0.25) is 0 Å². The second-order valence-electron chi connectivity index (χ2n) is 3.91. The Morgan fingerprint density at radius 3 is 2.67 bits per heavy atom. The molecule has 11 heteroatoms. The summed E-state index contributed by atoms with van der Waals surface area (Å²) in [5, 5.41) is 12.3. The van der Waals surface area contributed by atoms with Gasteiger partial charge < -0.3 is 0 Å². The van der Waals surface area contributed by atoms with E-state index in [4.69, 9.17) is 0 Å². The van der Waals surface area contributed by atoms with E-state index < -0.39 is 17.6 Å². The molecule has 0 unspecified atom stereocenters. The molecule has 0 aliphatic carbocycles. The fourth-order valence-corrected chi connectivity index (χ4v) is 1.69. The van der Waals surface area contributed by atoms with Crippen LogP contribution in [0.25, 0.3) is 11.5 Å². The molecule has 0 aromatic carbocycles. The van der Waals surface area contributed by atoms with Crippen molar-refractivity contribution in [2.24, 2.45) is 0 Å². The third-order valence-electron chi connectivity index (χ3n) is 2.58. The Morgan fingerprint density at radius 1 is 1.24 bits per heavy atom. The number of hydrogen-bond acceptors (Lipinski definition) is 5. The van der Waals surface area contributed by atoms with Gasteiger partial charge in [0, 0.05) is 12.4 Å². The van der Waals surface area contributed by atoms with Gasteiger partial charge in [-0.25, -0.2) is 14.5 Å². The van der Waals surface area contributed by atoms with Crippen molar-refractivity contribution >= 4 is 0 Å². The minimum Gasteiger partial charge on any atom is -0.242 e. The number of H-pyrrole nitrogens is 1. The fourth-order valence-electron chi connectivity index (χ4n) is 1.69. The largest absolute Gasteiger partial charge is 0.435 e. The molecule has 0 saturated carbocycles. The van der Waals surface area contributed by atoms with Crippen LogP contribution in [0.5, 0.6) is 0 Å². The number of tetrazole rings is 1. The Hall–Kier alpha value is -2.98. The van der Waals surface area contributed by atoms with E-state index in [9.17, 15) is 18.0 Å². The lowest BCUT2D eigenvalue weighted by Crippen LogP contribution is -2.19. The molecule has 0 fully saturated rings. The molecule has 0 aliphatic heterocycles. The SMILES string of the molecule is O=c1nn[nH]n1-c1cccnc1-n1ccc(C(F)(F)F)n1. The second-order valence-corrected chi connectivity index (χ2v) is 3.91. The molecule has 0 radical (unpaired) electrons. The van der Waals surface area contributed by atoms with Gasteiger partial charge in [-0.05, 0) is 23.4 Å². The van der Waals surface area contributed by atoms with Crippen LogP contribution in [0, 0.1) is 0 Å². The highest BCUT2D eigenvalue weighted by molar-refractivity contribution is 5.45. The zero-order valence-corrected chi connectivity index (χ0v) is 10.1. The fraction of sp³-hybridized carbons (Fsp3) is 0.100. The smallest absolute Gasteiger partial charge is 0.242 e. The topological polar surface area (TPSA) is 94.3 Å². The Morgan fingerprint density at radius 2 is 2.05 bits per heavy atom. The Kier molecular flexibility index (Phi) is 2.82. The van der Waals surface area contributed by atoms with Gasteiger partial charge in [-0.3, -0.25) is 0 Å². The normalized spacial score (nSPS) is 11.8. The Labute approximate surface area is 113 Å². The highest BCUT2D eigenvalue weighted by atomic mass is 19.4. The van der Waals surface area contributed by atoms with Crippen molar-refractivity contribution in [3.63, 3.8) is 0 Å². The molecule has 0 atom stereocenters. The van der Waals surface area contributed by atoms with Gasteiger partial charge in [0.05, 0.1) is 0 Å². The predicted molar refractivity (Wildman–Crippen MR) is 61.9 cm³/mol. The number of nitrogens with one attached hydrogen (secondary N) is 1. The molecule has 3 aromatic heterocycles. The molecule has 8 nitrogen and oxygen atoms in total. The van der Waals surface area contributed by atoms with Gasteiger partial charge in [0.1, 0.15) is 5.69 Å². The van der Waals surface area contributed by atoms with E-state index in [1.807, 2.05) is 0 Å². The van der Waals surface area contributed by atoms with E-state index in [2.05, 4.69) is 25.6 Å². The first-order valence-electron chi connectivity index (χ1n) is 5.55. The lowest BCUT2D eigenvalue weighted by atomic mass is 10.4. The molecule has 0 aliphatic rings. The molecule has 21 heavy (non-hydrogen) atoms. The molecule has 1 N–H and O–H groups in total. The molecule has 0 spiro atoms. The minimum atomic E-state index is -4.56. The molecule has 0 bridgehead atoms. The summed E-state index contributed by atoms with van der Waals surface area (Å²) in [4.78, 5) is 15.4. The van der Waals surface area contributed by atoms with Crippen LogP contribution < -0.4 is 5.69 Å². The summed E-state index contributed by atoms with van der Waals surface area (Å²) in [6, 6.07) is 3.80. The molecule has 108 valence electrons. The van der Waals surface area contributed by atoms with Gasteiger partial charge in [0.25, 0.3) is 0 Å². The molecule has 3 aromatic rings. The van der Waals surface area contributed by atoms with Gasteiger partial charge >= 0.3 is 11.9 Å². The average molecular weight is 297 g/mol. The number of hydrogen-bond donors (Lipinski definition) is 1. The van der Waals surface area contributed by atoms with Gasteiger partial charge in [-0.15, -0.1) is 0 Å². The van der Waals surface area contributed by atoms with Crippen LogP contribution in [0.4, 0.5) is 13.2 Å². The van der Waals surface area contributed by atoms with E-state index in [1.165, 1.54) is 18.3 Å². The lowest BCUT2D eigenvalue weighted by Gasteiger charge is -2.07. The predicted octanol–water partition coefficient (Wildman–Crippen LogP) is 0.555. The number of nitrogens with zero attached hydrogens (tertiary/aromatic N) is 6. The van der Waals surface area contributed by atoms with Gasteiger partial charge in [-0.2, -0.15) is 28.2 Å². The maximum atomic E-state index is 12.6. The third kappa shape index (κ3) is 2.28. The standard InChI is InChI=1S/C10H6F3N7O/c11-10(12,13)7-3-5-19(16-7)8-6(2-1-4-14-8)20-9(21)15-17-18-20/h1-5H,(H,15,18,21). The maximum Gasteiger partial charge on any atom is 0.435 e. The number of alkyl halides is 3. The first-order chi connectivity index (χ1) is 9.97. The van der Waals surface area contributed by atoms with Crippen molar-refractivity contribution in [3.05, 3.63) is 46.8 Å². The van der Waals surface area contributed by atoms with Crippen LogP contribution in [0.3, 0.4) is 0 Å². The van der Waals surface area contributed by atoms with E-state index in [0.717, 1.165) is 21.6 Å². The van der Waals surface area contributed by atoms with Crippen molar-refractivity contribution in [3.8, 4) is 11.5 Å². The number of pyridine rings is 1. The molecular formula is C10H6F3N7O. The summed E-state index contributed by atoms with van der Waals surface area (Å²) in [5.74, 6) is 0.0288. The first kappa shape index (κ1) is 13.0. The van der Waals surface area contributed by atoms with E-state index in [-0.39, 0.29) is 11.5 Å². The summed E-state index contributed by atoms with van der Waals surface area (Å²) in [5.41, 5.74) is -1.61. The zero-order valence-electron chi connectivity index (χ0n) is 10.1. The summed E-state index contributed by atoms with van der Waals surface area (Å²) >= 11 is 0. The number of halogens is 3. The van der Waals surface area contributed by atoms with Crippen molar-refractivity contribution in [2.45, 2.75) is 6.18 Å². The molecule has 0 amide bonds. The average Bonchev–Trinajstić information content (AvgIpc) is 3.06. The van der Waals surface area contributed by atoms with E-state index in [1.54, 1.807) is 0 Å². The Bertz CT molecular complexity index is 831. The van der Waals surface area contributed by atoms with Crippen LogP contribution in [0.2, 0.25) is 0 Å². The van der Waals surface area contributed by atoms with E-state index >= 15 is 0 Å². The van der Waals surface area contributed by atoms with Crippen molar-refractivity contribution in [1.82, 2.24) is 35.0 Å². The van der Waals surface area contributed by atoms with Crippen molar-refractivity contribution in [2.75, 3.05) is 0 Å². The zero-order chi connectivity index (χ0) is 15.0. The maximum absolute atomic E-state index is 12.6. The molecule has 3 heterocycles. The summed E-state index contributed by atoms with van der Waals surface area (Å²) in [6.07, 6.45) is -2.10. The molecule has 0 saturated heterocycles. The van der Waals surface area contributed by atoms with Crippen molar-refractivity contribution in [1.29, 1.82) is 0 Å². The summed E-state index contributed by atoms with van der Waals surface area (Å²) in [7, 11) is 0. The summed E-state index contributed by atoms with van der Waals surface area (Å²) in [6.45, 7) is 0. The molecule has 3 rings (SSSR count). The van der Waals surface area contributed by atoms with Crippen LogP contribution in [0.1, 0.15) is 5.69 Å². The van der Waals surface area contributed by atoms with Crippen LogP contribution in [0.15, 0.2) is 35.4 Å². The van der Waals surface area contributed by atoms with Gasteiger partial charge in [-0.1, -0.05) is 5.10 Å². The number of aromatic nitrogens is 7. The minimum absolute atomic E-state index is 0.0288. The monoisotopic (exact) mass is 297 g/mol. The van der Waals surface area contributed by atoms with Crippen molar-refractivity contribution < 1.29 is 13.2 Å². The Balaban J connectivity index is 2.14. The van der Waals surface area contributed by atoms with E-state index in [0.29, 0.717) is 0 Å². The second kappa shape index (κ2) is 4.54. The quantitative estimate of drug-likeness (QED) is 0.745. The molecular weight excluding hydrogens is 291 g/mol. The first-order valence-corrected chi connectivity index (χ1v) is 5.55. The highest BCUT2D eigenvalue weighted by Gasteiger charge is 2.34. The summed E-state index contributed by atoms with van der Waals surface area (Å²) < 4.78 is 39.6. The number of rotatable bonds is 2.